The maximum Gasteiger partial charge on any atom is 0.305 e. The lowest BCUT2D eigenvalue weighted by Gasteiger charge is -2.43. The molecule has 0 aromatic carbocycles. The van der Waals surface area contributed by atoms with Crippen molar-refractivity contribution in [3.8, 4) is 0 Å². The molecule has 1 saturated heterocycles. The minimum Gasteiger partial charge on any atom is -0.463 e. The van der Waals surface area contributed by atoms with E-state index >= 15 is 0 Å². The Morgan fingerprint density at radius 3 is 1.70 bits per heavy atom. The molecule has 70 heavy (non-hydrogen) atoms. The van der Waals surface area contributed by atoms with Crippen molar-refractivity contribution in [1.82, 2.24) is 0 Å². The molecule has 1 aliphatic heterocycles. The lowest BCUT2D eigenvalue weighted by Crippen LogP contribution is -2.61. The van der Waals surface area contributed by atoms with Gasteiger partial charge in [0.1, 0.15) is 37.1 Å². The Labute approximate surface area is 423 Å². The first kappa shape index (κ1) is 61.9. The number of aliphatic hydroxyl groups excluding tert-OH is 4. The standard InChI is InChI=1S/C61H92O9/c1-44(2)27-20-18-16-14-13-15-17-19-21-36-55(64)68-43-53-56(65)57(66)58(67)59(69-53)70-61(11,12)54(63)40-38-49(7)35-26-33-47(5)32-24-30-45(3)28-22-23-29-46(4)31-25-34-48(6)37-39-51-50(8)52(62)41-42-60(51,9)10/h22-26,28-35,37-40,44,53-54,56-59,63,65-67H,13-21,27,36,41-43H2,1-12H3/b23-22+,30-24+,31-25+,33-26+,39-37+,40-38+,45-28+,46-29+,47-32+,48-34+,49-35+/t53-,54+,56-,57+,58-,59+/m1/s1. The van der Waals surface area contributed by atoms with Crippen LogP contribution in [0.3, 0.4) is 0 Å². The summed E-state index contributed by atoms with van der Waals surface area (Å²) >= 11 is 0. The predicted molar refractivity (Wildman–Crippen MR) is 289 cm³/mol. The van der Waals surface area contributed by atoms with Gasteiger partial charge in [0.25, 0.3) is 0 Å². The fourth-order valence-corrected chi connectivity index (χ4v) is 8.02. The second kappa shape index (κ2) is 32.7. The Bertz CT molecular complexity index is 2010. The van der Waals surface area contributed by atoms with Gasteiger partial charge in [-0.3, -0.25) is 9.59 Å². The van der Waals surface area contributed by atoms with Crippen LogP contribution in [0.5, 0.6) is 0 Å². The fourth-order valence-electron chi connectivity index (χ4n) is 8.02. The van der Waals surface area contributed by atoms with Crippen molar-refractivity contribution in [2.45, 2.75) is 209 Å². The van der Waals surface area contributed by atoms with E-state index in [4.69, 9.17) is 14.2 Å². The Hall–Kier alpha value is -4.22. The van der Waals surface area contributed by atoms with Crippen LogP contribution in [0.1, 0.15) is 167 Å². The zero-order chi connectivity index (χ0) is 52.3. The van der Waals surface area contributed by atoms with Crippen LogP contribution < -0.4 is 0 Å². The topological polar surface area (TPSA) is 143 Å². The van der Waals surface area contributed by atoms with Gasteiger partial charge in [-0.1, -0.05) is 217 Å². The summed E-state index contributed by atoms with van der Waals surface area (Å²) in [7, 11) is 0. The molecule has 2 rings (SSSR count). The predicted octanol–water partition coefficient (Wildman–Crippen LogP) is 13.2. The van der Waals surface area contributed by atoms with E-state index in [0.29, 0.717) is 12.8 Å². The first-order chi connectivity index (χ1) is 33.0. The van der Waals surface area contributed by atoms with Gasteiger partial charge < -0.3 is 34.6 Å². The van der Waals surface area contributed by atoms with Crippen molar-refractivity contribution in [2.75, 3.05) is 6.61 Å². The van der Waals surface area contributed by atoms with Crippen LogP contribution in [-0.4, -0.2) is 81.2 Å². The maximum atomic E-state index is 12.5. The highest BCUT2D eigenvalue weighted by molar-refractivity contribution is 5.97. The molecular formula is C61H92O9. The highest BCUT2D eigenvalue weighted by atomic mass is 16.7. The van der Waals surface area contributed by atoms with Crippen LogP contribution in [0, 0.1) is 11.3 Å². The molecule has 1 fully saturated rings. The third-order valence-corrected chi connectivity index (χ3v) is 12.9. The Balaban J connectivity index is 1.80. The van der Waals surface area contributed by atoms with Gasteiger partial charge in [0.2, 0.25) is 0 Å². The Kier molecular flexibility index (Phi) is 28.9. The number of aliphatic hydroxyl groups is 4. The number of Topliss-reactive ketones (excluding diaryl/α,β-unsaturated/α-hetero) is 1. The van der Waals surface area contributed by atoms with Gasteiger partial charge in [0.05, 0.1) is 5.60 Å². The van der Waals surface area contributed by atoms with Crippen LogP contribution in [0.2, 0.25) is 0 Å². The number of carbonyl (C=O) groups excluding carboxylic acids is 2. The molecule has 1 heterocycles. The van der Waals surface area contributed by atoms with Gasteiger partial charge >= 0.3 is 5.97 Å². The van der Waals surface area contributed by atoms with Crippen molar-refractivity contribution in [1.29, 1.82) is 0 Å². The molecule has 0 aromatic rings. The zero-order valence-electron chi connectivity index (χ0n) is 45.1. The smallest absolute Gasteiger partial charge is 0.305 e. The van der Waals surface area contributed by atoms with E-state index in [1.165, 1.54) is 38.5 Å². The molecule has 0 saturated carbocycles. The number of carbonyl (C=O) groups is 2. The molecule has 0 radical (unpaired) electrons. The largest absolute Gasteiger partial charge is 0.463 e. The van der Waals surface area contributed by atoms with Crippen LogP contribution >= 0.6 is 0 Å². The molecule has 2 aliphatic rings. The Morgan fingerprint density at radius 1 is 0.700 bits per heavy atom. The lowest BCUT2D eigenvalue weighted by molar-refractivity contribution is -0.329. The van der Waals surface area contributed by atoms with Gasteiger partial charge in [-0.05, 0) is 90.7 Å². The summed E-state index contributed by atoms with van der Waals surface area (Å²) in [6.45, 7) is 24.0. The highest BCUT2D eigenvalue weighted by Gasteiger charge is 2.47. The normalized spacial score (nSPS) is 23.3. The van der Waals surface area contributed by atoms with E-state index in [1.54, 1.807) is 26.0 Å². The van der Waals surface area contributed by atoms with Gasteiger partial charge in [-0.25, -0.2) is 0 Å². The number of rotatable bonds is 29. The number of allylic oxidation sites excluding steroid dienone is 23. The molecule has 390 valence electrons. The van der Waals surface area contributed by atoms with E-state index in [2.05, 4.69) is 78.0 Å². The molecule has 9 nitrogen and oxygen atoms in total. The number of hydrogen-bond donors (Lipinski definition) is 4. The molecular weight excluding hydrogens is 877 g/mol. The monoisotopic (exact) mass is 969 g/mol. The number of esters is 1. The third-order valence-electron chi connectivity index (χ3n) is 12.9. The second-order valence-electron chi connectivity index (χ2n) is 21.0. The molecule has 0 spiro atoms. The summed E-state index contributed by atoms with van der Waals surface area (Å²) < 4.78 is 17.2. The van der Waals surface area contributed by atoms with E-state index in [9.17, 15) is 30.0 Å². The van der Waals surface area contributed by atoms with Crippen molar-refractivity contribution in [3.05, 3.63) is 142 Å². The zero-order valence-corrected chi connectivity index (χ0v) is 45.1. The van der Waals surface area contributed by atoms with Gasteiger partial charge in [0.15, 0.2) is 12.1 Å². The number of unbranched alkanes of at least 4 members (excludes halogenated alkanes) is 8. The quantitative estimate of drug-likeness (QED) is 0.0327. The van der Waals surface area contributed by atoms with Crippen LogP contribution in [0.15, 0.2) is 142 Å². The molecule has 0 aromatic heterocycles. The average Bonchev–Trinajstić information content (AvgIpc) is 3.29. The van der Waals surface area contributed by atoms with Crippen molar-refractivity contribution in [2.24, 2.45) is 11.3 Å². The van der Waals surface area contributed by atoms with Crippen LogP contribution in [0.25, 0.3) is 0 Å². The number of ether oxygens (including phenoxy) is 3. The minimum absolute atomic E-state index is 0.0107. The summed E-state index contributed by atoms with van der Waals surface area (Å²) in [5.74, 6) is 0.618. The summed E-state index contributed by atoms with van der Waals surface area (Å²) in [6.07, 6.45) is 38.9. The first-order valence-electron chi connectivity index (χ1n) is 25.9. The van der Waals surface area contributed by atoms with Crippen LogP contribution in [-0.2, 0) is 23.8 Å². The Morgan fingerprint density at radius 2 is 1.17 bits per heavy atom. The minimum atomic E-state index is -1.61. The highest BCUT2D eigenvalue weighted by Crippen LogP contribution is 2.39. The molecule has 4 N–H and O–H groups in total. The summed E-state index contributed by atoms with van der Waals surface area (Å²) in [5.41, 5.74) is 6.05. The van der Waals surface area contributed by atoms with Crippen molar-refractivity contribution < 1.29 is 44.2 Å². The molecule has 1 aliphatic carbocycles. The summed E-state index contributed by atoms with van der Waals surface area (Å²) in [6, 6.07) is 0. The molecule has 0 unspecified atom stereocenters. The third kappa shape index (κ3) is 24.8. The lowest BCUT2D eigenvalue weighted by atomic mass is 9.72. The molecule has 0 amide bonds. The average molecular weight is 969 g/mol. The molecule has 0 bridgehead atoms. The van der Waals surface area contributed by atoms with Gasteiger partial charge in [-0.2, -0.15) is 0 Å². The maximum absolute atomic E-state index is 12.5. The fraction of sp³-hybridized carbons (Fsp3) is 0.574. The van der Waals surface area contributed by atoms with Gasteiger partial charge in [0, 0.05) is 12.8 Å². The van der Waals surface area contributed by atoms with E-state index in [0.717, 1.165) is 70.6 Å². The van der Waals surface area contributed by atoms with Crippen LogP contribution in [0.4, 0.5) is 0 Å². The van der Waals surface area contributed by atoms with Crippen molar-refractivity contribution >= 4 is 11.8 Å². The SMILES string of the molecule is CC1=C(/C=C/C(C)=C/C=C/C(C)=C/C=C/C=C(C)/C=C/C=C(C)/C=C/C=C(C)/C=C/[C@H](O)C(C)(C)O[C@@H]2O[C@H](COC(=O)CCCCCCCCCCCC(C)C)[C@@H](O)[C@H](O)[C@H]2O)C(C)(C)CCC1=O. The molecule has 6 atom stereocenters. The number of ketones is 1. The second-order valence-corrected chi connectivity index (χ2v) is 21.0. The van der Waals surface area contributed by atoms with Crippen molar-refractivity contribution in [3.63, 3.8) is 0 Å². The van der Waals surface area contributed by atoms with E-state index in [-0.39, 0.29) is 24.2 Å². The molecule has 9 heteroatoms. The van der Waals surface area contributed by atoms with E-state index < -0.39 is 48.4 Å². The summed E-state index contributed by atoms with van der Waals surface area (Å²) in [4.78, 5) is 24.7. The summed E-state index contributed by atoms with van der Waals surface area (Å²) in [5, 5.41) is 43.0. The first-order valence-corrected chi connectivity index (χ1v) is 25.9. The van der Waals surface area contributed by atoms with Gasteiger partial charge in [-0.15, -0.1) is 0 Å². The van der Waals surface area contributed by atoms with E-state index in [1.807, 2.05) is 82.4 Å². The number of hydrogen-bond acceptors (Lipinski definition) is 9.